The van der Waals surface area contributed by atoms with Crippen molar-refractivity contribution in [3.8, 4) is 11.4 Å². The van der Waals surface area contributed by atoms with E-state index in [1.807, 2.05) is 11.8 Å². The molecule has 2 unspecified atom stereocenters. The normalized spacial score (nSPS) is 22.6. The van der Waals surface area contributed by atoms with Crippen molar-refractivity contribution in [3.63, 3.8) is 0 Å². The number of nitrogens with zero attached hydrogens (tertiary/aromatic N) is 3. The molecule has 0 amide bonds. The highest BCUT2D eigenvalue weighted by Gasteiger charge is 2.28. The number of anilines is 1. The number of benzene rings is 1. The molecule has 3 rings (SSSR count). The predicted molar refractivity (Wildman–Crippen MR) is 75.8 cm³/mol. The first-order chi connectivity index (χ1) is 10.1. The van der Waals surface area contributed by atoms with Crippen LogP contribution in [-0.4, -0.2) is 33.8 Å². The second-order valence-electron chi connectivity index (χ2n) is 5.35. The SMILES string of the molecule is CC1C(N)CCCN1c1n[nH]c(-c2ccc(F)cc2F)n1. The summed E-state index contributed by atoms with van der Waals surface area (Å²) < 4.78 is 26.7. The third-order valence-electron chi connectivity index (χ3n) is 3.96. The van der Waals surface area contributed by atoms with E-state index in [9.17, 15) is 8.78 Å². The maximum atomic E-state index is 13.8. The first-order valence-electron chi connectivity index (χ1n) is 6.96. The van der Waals surface area contributed by atoms with E-state index < -0.39 is 11.6 Å². The molecule has 21 heavy (non-hydrogen) atoms. The average molecular weight is 293 g/mol. The van der Waals surface area contributed by atoms with Gasteiger partial charge in [0.1, 0.15) is 11.6 Å². The fourth-order valence-electron chi connectivity index (χ4n) is 2.64. The van der Waals surface area contributed by atoms with Crippen LogP contribution in [0.1, 0.15) is 19.8 Å². The Balaban J connectivity index is 1.89. The number of hydrogen-bond acceptors (Lipinski definition) is 4. The van der Waals surface area contributed by atoms with Crippen molar-refractivity contribution in [1.82, 2.24) is 15.2 Å². The number of halogens is 2. The van der Waals surface area contributed by atoms with E-state index in [0.29, 0.717) is 5.95 Å². The van der Waals surface area contributed by atoms with Gasteiger partial charge in [0.15, 0.2) is 5.82 Å². The maximum Gasteiger partial charge on any atom is 0.245 e. The van der Waals surface area contributed by atoms with E-state index in [0.717, 1.165) is 25.5 Å². The number of aromatic nitrogens is 3. The molecule has 2 atom stereocenters. The molecule has 1 fully saturated rings. The number of H-pyrrole nitrogens is 1. The van der Waals surface area contributed by atoms with Gasteiger partial charge in [-0.05, 0) is 31.9 Å². The molecule has 1 aromatic carbocycles. The highest BCUT2D eigenvalue weighted by molar-refractivity contribution is 5.57. The summed E-state index contributed by atoms with van der Waals surface area (Å²) in [5.41, 5.74) is 6.25. The largest absolute Gasteiger partial charge is 0.335 e. The minimum atomic E-state index is -0.666. The second-order valence-corrected chi connectivity index (χ2v) is 5.35. The van der Waals surface area contributed by atoms with Crippen LogP contribution in [0.5, 0.6) is 0 Å². The summed E-state index contributed by atoms with van der Waals surface area (Å²) in [6, 6.07) is 3.57. The fourth-order valence-corrected chi connectivity index (χ4v) is 2.64. The molecule has 0 spiro atoms. The van der Waals surface area contributed by atoms with Crippen molar-refractivity contribution in [1.29, 1.82) is 0 Å². The Kier molecular flexibility index (Phi) is 3.59. The van der Waals surface area contributed by atoms with Crippen LogP contribution in [0.25, 0.3) is 11.4 Å². The zero-order chi connectivity index (χ0) is 15.0. The second kappa shape index (κ2) is 5.40. The Morgan fingerprint density at radius 2 is 2.19 bits per heavy atom. The van der Waals surface area contributed by atoms with E-state index in [2.05, 4.69) is 15.2 Å². The lowest BCUT2D eigenvalue weighted by Crippen LogP contribution is -2.50. The van der Waals surface area contributed by atoms with Gasteiger partial charge in [-0.25, -0.2) is 8.78 Å². The number of nitrogens with one attached hydrogen (secondary N) is 1. The van der Waals surface area contributed by atoms with Gasteiger partial charge in [-0.2, -0.15) is 4.98 Å². The molecular weight excluding hydrogens is 276 g/mol. The lowest BCUT2D eigenvalue weighted by molar-refractivity contribution is 0.416. The van der Waals surface area contributed by atoms with Gasteiger partial charge in [-0.15, -0.1) is 5.10 Å². The molecule has 2 aromatic rings. The topological polar surface area (TPSA) is 70.8 Å². The van der Waals surface area contributed by atoms with Crippen molar-refractivity contribution in [2.45, 2.75) is 31.8 Å². The molecule has 1 aliphatic heterocycles. The molecule has 1 saturated heterocycles. The van der Waals surface area contributed by atoms with E-state index in [1.165, 1.54) is 12.1 Å². The molecule has 5 nitrogen and oxygen atoms in total. The van der Waals surface area contributed by atoms with E-state index in [4.69, 9.17) is 5.73 Å². The lowest BCUT2D eigenvalue weighted by Gasteiger charge is -2.36. The van der Waals surface area contributed by atoms with E-state index in [1.54, 1.807) is 0 Å². The summed E-state index contributed by atoms with van der Waals surface area (Å²) in [6.45, 7) is 2.84. The van der Waals surface area contributed by atoms with Gasteiger partial charge in [-0.1, -0.05) is 0 Å². The summed E-state index contributed by atoms with van der Waals surface area (Å²) in [5, 5.41) is 6.85. The molecule has 2 heterocycles. The molecule has 0 saturated carbocycles. The Bertz CT molecular complexity index is 642. The standard InChI is InChI=1S/C14H17F2N5/c1-8-12(17)3-2-6-21(8)14-18-13(19-20-14)10-5-4-9(15)7-11(10)16/h4-5,7-8,12H,2-3,6,17H2,1H3,(H,18,19,20). The van der Waals surface area contributed by atoms with Gasteiger partial charge in [0.05, 0.1) is 5.56 Å². The number of aromatic amines is 1. The van der Waals surface area contributed by atoms with Crippen molar-refractivity contribution in [2.24, 2.45) is 5.73 Å². The molecule has 1 aliphatic rings. The van der Waals surface area contributed by atoms with Gasteiger partial charge < -0.3 is 10.6 Å². The number of piperidine rings is 1. The zero-order valence-electron chi connectivity index (χ0n) is 11.7. The van der Waals surface area contributed by atoms with Crippen LogP contribution in [0.4, 0.5) is 14.7 Å². The number of rotatable bonds is 2. The highest BCUT2D eigenvalue weighted by atomic mass is 19.1. The molecule has 3 N–H and O–H groups in total. The van der Waals surface area contributed by atoms with Gasteiger partial charge >= 0.3 is 0 Å². The summed E-state index contributed by atoms with van der Waals surface area (Å²) in [5.74, 6) is -0.502. The smallest absolute Gasteiger partial charge is 0.245 e. The minimum Gasteiger partial charge on any atom is -0.335 e. The lowest BCUT2D eigenvalue weighted by atomic mass is 9.99. The summed E-state index contributed by atoms with van der Waals surface area (Å²) in [7, 11) is 0. The highest BCUT2D eigenvalue weighted by Crippen LogP contribution is 2.25. The molecule has 0 bridgehead atoms. The Morgan fingerprint density at radius 1 is 1.38 bits per heavy atom. The van der Waals surface area contributed by atoms with Crippen LogP contribution >= 0.6 is 0 Å². The van der Waals surface area contributed by atoms with Gasteiger partial charge in [0, 0.05) is 24.7 Å². The van der Waals surface area contributed by atoms with Gasteiger partial charge in [0.25, 0.3) is 0 Å². The number of nitrogens with two attached hydrogens (primary N) is 1. The van der Waals surface area contributed by atoms with E-state index >= 15 is 0 Å². The van der Waals surface area contributed by atoms with Gasteiger partial charge in [-0.3, -0.25) is 5.10 Å². The van der Waals surface area contributed by atoms with Crippen molar-refractivity contribution >= 4 is 5.95 Å². The van der Waals surface area contributed by atoms with Crippen molar-refractivity contribution in [2.75, 3.05) is 11.4 Å². The quantitative estimate of drug-likeness (QED) is 0.889. The maximum absolute atomic E-state index is 13.8. The van der Waals surface area contributed by atoms with E-state index in [-0.39, 0.29) is 23.5 Å². The Labute approximate surface area is 121 Å². The zero-order valence-corrected chi connectivity index (χ0v) is 11.7. The average Bonchev–Trinajstić information content (AvgIpc) is 2.91. The van der Waals surface area contributed by atoms with Crippen LogP contribution in [0, 0.1) is 11.6 Å². The third-order valence-corrected chi connectivity index (χ3v) is 3.96. The van der Waals surface area contributed by atoms with Crippen LogP contribution in [0.15, 0.2) is 18.2 Å². The molecule has 0 aliphatic carbocycles. The first-order valence-corrected chi connectivity index (χ1v) is 6.96. The van der Waals surface area contributed by atoms with Gasteiger partial charge in [0.2, 0.25) is 5.95 Å². The summed E-state index contributed by atoms with van der Waals surface area (Å²) >= 11 is 0. The monoisotopic (exact) mass is 293 g/mol. The van der Waals surface area contributed by atoms with Crippen LogP contribution in [0.3, 0.4) is 0 Å². The Hall–Kier alpha value is -2.02. The summed E-state index contributed by atoms with van der Waals surface area (Å²) in [4.78, 5) is 6.33. The first kappa shape index (κ1) is 13.9. The molecular formula is C14H17F2N5. The van der Waals surface area contributed by atoms with Crippen molar-refractivity contribution in [3.05, 3.63) is 29.8 Å². The van der Waals surface area contributed by atoms with Crippen molar-refractivity contribution < 1.29 is 8.78 Å². The summed E-state index contributed by atoms with van der Waals surface area (Å²) in [6.07, 6.45) is 1.95. The molecule has 112 valence electrons. The molecule has 0 radical (unpaired) electrons. The Morgan fingerprint density at radius 3 is 2.95 bits per heavy atom. The van der Waals surface area contributed by atoms with Crippen LogP contribution < -0.4 is 10.6 Å². The third kappa shape index (κ3) is 2.61. The predicted octanol–water partition coefficient (Wildman–Crippen LogP) is 2.07. The fraction of sp³-hybridized carbons (Fsp3) is 0.429. The number of hydrogen-bond donors (Lipinski definition) is 2. The minimum absolute atomic E-state index is 0.0725. The van der Waals surface area contributed by atoms with Crippen LogP contribution in [0.2, 0.25) is 0 Å². The molecule has 1 aromatic heterocycles. The van der Waals surface area contributed by atoms with Crippen LogP contribution in [-0.2, 0) is 0 Å². The molecule has 7 heteroatoms.